The average Bonchev–Trinajstić information content (AvgIpc) is 2.87. The number of halogens is 1. The van der Waals surface area contributed by atoms with Crippen molar-refractivity contribution in [1.29, 1.82) is 0 Å². The van der Waals surface area contributed by atoms with Crippen LogP contribution in [0.25, 0.3) is 0 Å². The molecule has 0 amide bonds. The highest BCUT2D eigenvalue weighted by Crippen LogP contribution is 2.31. The van der Waals surface area contributed by atoms with Crippen LogP contribution >= 0.6 is 11.6 Å². The number of likely N-dealkylation sites (N-methyl/N-ethyl adjacent to an activating group) is 1. The predicted octanol–water partition coefficient (Wildman–Crippen LogP) is 3.58. The molecule has 3 rings (SSSR count). The van der Waals surface area contributed by atoms with E-state index in [0.717, 1.165) is 55.5 Å². The zero-order chi connectivity index (χ0) is 18.4. The van der Waals surface area contributed by atoms with Crippen molar-refractivity contribution in [3.63, 3.8) is 0 Å². The number of ether oxygens (including phenoxy) is 1. The minimum Gasteiger partial charge on any atom is -0.492 e. The zero-order valence-electron chi connectivity index (χ0n) is 15.6. The Morgan fingerprint density at radius 2 is 1.85 bits per heavy atom. The topological polar surface area (TPSA) is 36.5 Å². The van der Waals surface area contributed by atoms with Crippen LogP contribution in [-0.2, 0) is 19.4 Å². The molecule has 1 aliphatic heterocycles. The summed E-state index contributed by atoms with van der Waals surface area (Å²) in [5, 5.41) is 7.81. The van der Waals surface area contributed by atoms with Gasteiger partial charge in [0.25, 0.3) is 0 Å². The highest BCUT2D eigenvalue weighted by molar-refractivity contribution is 6.33. The van der Waals surface area contributed by atoms with Crippen LogP contribution in [0.15, 0.2) is 36.4 Å². The second kappa shape index (κ2) is 9.26. The van der Waals surface area contributed by atoms with Crippen molar-refractivity contribution in [3.8, 4) is 5.75 Å². The van der Waals surface area contributed by atoms with Gasteiger partial charge in [0, 0.05) is 13.1 Å². The van der Waals surface area contributed by atoms with Gasteiger partial charge in [-0.25, -0.2) is 0 Å². The quantitative estimate of drug-likeness (QED) is 0.777. The van der Waals surface area contributed by atoms with Gasteiger partial charge < -0.3 is 20.3 Å². The molecule has 2 aromatic carbocycles. The molecule has 26 heavy (non-hydrogen) atoms. The molecule has 4 nitrogen and oxygen atoms in total. The number of nitrogens with zero attached hydrogens (tertiary/aromatic N) is 1. The minimum atomic E-state index is 0.699. The number of hydrogen-bond donors (Lipinski definition) is 2. The molecule has 0 bridgehead atoms. The Labute approximate surface area is 161 Å². The Balaban J connectivity index is 1.62. The van der Waals surface area contributed by atoms with Crippen LogP contribution in [0.2, 0.25) is 5.02 Å². The summed E-state index contributed by atoms with van der Waals surface area (Å²) in [6.45, 7) is 4.39. The number of fused-ring (bicyclic) bond motifs is 1. The van der Waals surface area contributed by atoms with Crippen molar-refractivity contribution in [2.24, 2.45) is 0 Å². The maximum absolute atomic E-state index is 6.48. The zero-order valence-corrected chi connectivity index (χ0v) is 16.4. The molecule has 0 saturated heterocycles. The lowest BCUT2D eigenvalue weighted by Gasteiger charge is -2.16. The number of benzene rings is 2. The molecule has 2 aromatic rings. The lowest BCUT2D eigenvalue weighted by atomic mass is 10.0. The number of hydrogen-bond acceptors (Lipinski definition) is 4. The van der Waals surface area contributed by atoms with E-state index in [1.54, 1.807) is 0 Å². The lowest BCUT2D eigenvalue weighted by Crippen LogP contribution is -2.19. The van der Waals surface area contributed by atoms with E-state index in [-0.39, 0.29) is 0 Å². The molecule has 0 saturated carbocycles. The van der Waals surface area contributed by atoms with Crippen molar-refractivity contribution in [2.45, 2.75) is 19.4 Å². The van der Waals surface area contributed by atoms with E-state index in [1.165, 1.54) is 16.7 Å². The molecule has 0 aromatic heterocycles. The first-order valence-corrected chi connectivity index (χ1v) is 9.62. The van der Waals surface area contributed by atoms with Crippen LogP contribution in [-0.4, -0.2) is 45.2 Å². The van der Waals surface area contributed by atoms with Crippen molar-refractivity contribution in [2.75, 3.05) is 45.7 Å². The third-order valence-electron chi connectivity index (χ3n) is 4.68. The first-order chi connectivity index (χ1) is 12.6. The molecule has 1 heterocycles. The fraction of sp³-hybridized carbons (Fsp3) is 0.429. The minimum absolute atomic E-state index is 0.699. The van der Waals surface area contributed by atoms with Gasteiger partial charge in [-0.3, -0.25) is 0 Å². The van der Waals surface area contributed by atoms with Crippen molar-refractivity contribution in [1.82, 2.24) is 10.2 Å². The Morgan fingerprint density at radius 1 is 1.08 bits per heavy atom. The van der Waals surface area contributed by atoms with Gasteiger partial charge in [-0.1, -0.05) is 29.8 Å². The highest BCUT2D eigenvalue weighted by atomic mass is 35.5. The fourth-order valence-electron chi connectivity index (χ4n) is 3.17. The Morgan fingerprint density at radius 3 is 2.62 bits per heavy atom. The summed E-state index contributed by atoms with van der Waals surface area (Å²) in [6.07, 6.45) is 2.07. The van der Waals surface area contributed by atoms with Gasteiger partial charge in [0.2, 0.25) is 0 Å². The van der Waals surface area contributed by atoms with E-state index in [0.29, 0.717) is 6.61 Å². The van der Waals surface area contributed by atoms with Gasteiger partial charge in [0.05, 0.1) is 10.7 Å². The number of rotatable bonds is 7. The molecule has 140 valence electrons. The van der Waals surface area contributed by atoms with Crippen molar-refractivity contribution in [3.05, 3.63) is 58.1 Å². The third kappa shape index (κ3) is 5.13. The largest absolute Gasteiger partial charge is 0.492 e. The Hall–Kier alpha value is -1.75. The summed E-state index contributed by atoms with van der Waals surface area (Å²) in [5.74, 6) is 0.910. The van der Waals surface area contributed by atoms with Gasteiger partial charge in [-0.05, 0) is 74.9 Å². The van der Waals surface area contributed by atoms with Gasteiger partial charge in [-0.15, -0.1) is 0 Å². The van der Waals surface area contributed by atoms with Crippen LogP contribution in [0.1, 0.15) is 16.7 Å². The third-order valence-corrected chi connectivity index (χ3v) is 5.00. The molecule has 0 aliphatic carbocycles. The lowest BCUT2D eigenvalue weighted by molar-refractivity contribution is 0.261. The standard InChI is InChI=1S/C21H28ClN3O/c1-25(2)13-14-26-18-6-3-16(4-7-18)15-24-21-19-10-12-23-11-9-17(19)5-8-20(21)22/h3-8,23-24H,9-15H2,1-2H3. The van der Waals surface area contributed by atoms with Gasteiger partial charge in [-0.2, -0.15) is 0 Å². The molecular formula is C21H28ClN3O. The van der Waals surface area contributed by atoms with Gasteiger partial charge in [0.1, 0.15) is 12.4 Å². The van der Waals surface area contributed by atoms with Gasteiger partial charge >= 0.3 is 0 Å². The first kappa shape index (κ1) is 19.0. The Kier molecular flexibility index (Phi) is 6.78. The summed E-state index contributed by atoms with van der Waals surface area (Å²) in [6, 6.07) is 12.4. The van der Waals surface area contributed by atoms with Crippen molar-refractivity contribution < 1.29 is 4.74 Å². The molecule has 2 N–H and O–H groups in total. The molecule has 0 radical (unpaired) electrons. The summed E-state index contributed by atoms with van der Waals surface area (Å²) < 4.78 is 5.75. The van der Waals surface area contributed by atoms with Crippen LogP contribution in [0.4, 0.5) is 5.69 Å². The van der Waals surface area contributed by atoms with E-state index < -0.39 is 0 Å². The molecule has 5 heteroatoms. The molecule has 1 aliphatic rings. The first-order valence-electron chi connectivity index (χ1n) is 9.25. The van der Waals surface area contributed by atoms with E-state index in [2.05, 4.69) is 33.7 Å². The average molecular weight is 374 g/mol. The monoisotopic (exact) mass is 373 g/mol. The molecule has 0 fully saturated rings. The number of nitrogens with one attached hydrogen (secondary N) is 2. The van der Waals surface area contributed by atoms with E-state index >= 15 is 0 Å². The summed E-state index contributed by atoms with van der Waals surface area (Å²) in [4.78, 5) is 2.11. The van der Waals surface area contributed by atoms with E-state index in [9.17, 15) is 0 Å². The molecule has 0 unspecified atom stereocenters. The predicted molar refractivity (Wildman–Crippen MR) is 110 cm³/mol. The summed E-state index contributed by atoms with van der Waals surface area (Å²) >= 11 is 6.48. The van der Waals surface area contributed by atoms with Gasteiger partial charge in [0.15, 0.2) is 0 Å². The maximum atomic E-state index is 6.48. The van der Waals surface area contributed by atoms with Crippen molar-refractivity contribution >= 4 is 17.3 Å². The number of anilines is 1. The maximum Gasteiger partial charge on any atom is 0.119 e. The molecule has 0 atom stereocenters. The Bertz CT molecular complexity index is 716. The highest BCUT2D eigenvalue weighted by Gasteiger charge is 2.14. The molecule has 0 spiro atoms. The summed E-state index contributed by atoms with van der Waals surface area (Å²) in [7, 11) is 4.09. The summed E-state index contributed by atoms with van der Waals surface area (Å²) in [5.41, 5.74) is 5.04. The van der Waals surface area contributed by atoms with Crippen LogP contribution < -0.4 is 15.4 Å². The van der Waals surface area contributed by atoms with Crippen LogP contribution in [0, 0.1) is 0 Å². The van der Waals surface area contributed by atoms with E-state index in [4.69, 9.17) is 16.3 Å². The normalized spacial score (nSPS) is 14.0. The van der Waals surface area contributed by atoms with Crippen LogP contribution in [0.5, 0.6) is 5.75 Å². The second-order valence-corrected chi connectivity index (χ2v) is 7.37. The second-order valence-electron chi connectivity index (χ2n) is 6.96. The fourth-order valence-corrected chi connectivity index (χ4v) is 3.42. The SMILES string of the molecule is CN(C)CCOc1ccc(CNc2c(Cl)ccc3c2CCNCC3)cc1. The van der Waals surface area contributed by atoms with E-state index in [1.807, 2.05) is 32.3 Å². The molecular weight excluding hydrogens is 346 g/mol. The van der Waals surface area contributed by atoms with Crippen LogP contribution in [0.3, 0.4) is 0 Å². The smallest absolute Gasteiger partial charge is 0.119 e.